The second-order valence-electron chi connectivity index (χ2n) is 13.7. The molecule has 0 radical (unpaired) electrons. The predicted molar refractivity (Wildman–Crippen MR) is 229 cm³/mol. The summed E-state index contributed by atoms with van der Waals surface area (Å²) < 4.78 is 2.45. The third-order valence-electron chi connectivity index (χ3n) is 10.6. The molecule has 2 nitrogen and oxygen atoms in total. The van der Waals surface area contributed by atoms with Gasteiger partial charge in [0.2, 0.25) is 0 Å². The molecule has 0 saturated heterocycles. The molecule has 1 aromatic heterocycles. The molecule has 0 spiro atoms. The van der Waals surface area contributed by atoms with E-state index in [0.29, 0.717) is 0 Å². The van der Waals surface area contributed by atoms with Crippen molar-refractivity contribution in [1.29, 1.82) is 0 Å². The van der Waals surface area contributed by atoms with Crippen molar-refractivity contribution >= 4 is 49.6 Å². The molecule has 0 atom stereocenters. The number of benzene rings is 9. The highest BCUT2D eigenvalue weighted by Gasteiger charge is 2.23. The van der Waals surface area contributed by atoms with Crippen molar-refractivity contribution in [1.82, 2.24) is 4.57 Å². The van der Waals surface area contributed by atoms with Crippen molar-refractivity contribution in [3.05, 3.63) is 218 Å². The summed E-state index contributed by atoms with van der Waals surface area (Å²) in [4.78, 5) is 2.44. The number of fused-ring (bicyclic) bond motifs is 4. The number of anilines is 3. The largest absolute Gasteiger partial charge is 0.309 e. The highest BCUT2D eigenvalue weighted by Crippen LogP contribution is 2.47. The van der Waals surface area contributed by atoms with E-state index in [0.717, 1.165) is 28.3 Å². The van der Waals surface area contributed by atoms with Crippen LogP contribution in [0.4, 0.5) is 17.1 Å². The Kier molecular flexibility index (Phi) is 7.85. The summed E-state index contributed by atoms with van der Waals surface area (Å²) in [6, 6.07) is 78.9. The summed E-state index contributed by atoms with van der Waals surface area (Å²) in [5, 5.41) is 4.89. The number of hydrogen-bond acceptors (Lipinski definition) is 1. The summed E-state index contributed by atoms with van der Waals surface area (Å²) in [5.74, 6) is 0. The minimum absolute atomic E-state index is 1.11. The lowest BCUT2D eigenvalue weighted by molar-refractivity contribution is 1.18. The molecule has 0 N–H and O–H groups in total. The van der Waals surface area contributed by atoms with Gasteiger partial charge in [-0.05, 0) is 81.6 Å². The van der Waals surface area contributed by atoms with E-state index in [-0.39, 0.29) is 0 Å². The molecule has 0 saturated carbocycles. The van der Waals surface area contributed by atoms with E-state index in [1.165, 1.54) is 60.4 Å². The highest BCUT2D eigenvalue weighted by molar-refractivity contribution is 6.17. The highest BCUT2D eigenvalue weighted by atomic mass is 15.1. The quantitative estimate of drug-likeness (QED) is 0.162. The van der Waals surface area contributed by atoms with Crippen LogP contribution in [0.5, 0.6) is 0 Å². The van der Waals surface area contributed by atoms with Crippen molar-refractivity contribution in [2.45, 2.75) is 0 Å². The lowest BCUT2D eigenvalue weighted by Crippen LogP contribution is -2.11. The molecule has 254 valence electrons. The average Bonchev–Trinajstić information content (AvgIpc) is 3.59. The molecule has 9 aromatic carbocycles. The molecular weight excluding hydrogens is 653 g/mol. The van der Waals surface area contributed by atoms with Crippen molar-refractivity contribution in [2.75, 3.05) is 4.90 Å². The molecule has 10 aromatic rings. The fourth-order valence-electron chi connectivity index (χ4n) is 8.09. The van der Waals surface area contributed by atoms with Crippen LogP contribution >= 0.6 is 0 Å². The van der Waals surface area contributed by atoms with Gasteiger partial charge in [0.05, 0.1) is 28.1 Å². The second kappa shape index (κ2) is 13.4. The first-order valence-electron chi connectivity index (χ1n) is 18.5. The van der Waals surface area contributed by atoms with E-state index < -0.39 is 0 Å². The number of nitrogens with zero attached hydrogens (tertiary/aromatic N) is 2. The number of hydrogen-bond donors (Lipinski definition) is 0. The Labute approximate surface area is 315 Å². The molecule has 2 heteroatoms. The van der Waals surface area contributed by atoms with E-state index in [4.69, 9.17) is 0 Å². The van der Waals surface area contributed by atoms with E-state index in [2.05, 4.69) is 228 Å². The molecule has 0 unspecified atom stereocenters. The Morgan fingerprint density at radius 2 is 0.907 bits per heavy atom. The molecular formula is C52H36N2. The molecule has 0 aliphatic carbocycles. The fraction of sp³-hybridized carbons (Fsp3) is 0. The number of para-hydroxylation sites is 4. The van der Waals surface area contributed by atoms with Crippen LogP contribution in [-0.4, -0.2) is 4.57 Å². The lowest BCUT2D eigenvalue weighted by atomic mass is 9.98. The van der Waals surface area contributed by atoms with E-state index in [1.54, 1.807) is 0 Å². The van der Waals surface area contributed by atoms with Gasteiger partial charge in [-0.15, -0.1) is 0 Å². The zero-order valence-electron chi connectivity index (χ0n) is 29.7. The maximum atomic E-state index is 2.45. The Morgan fingerprint density at radius 3 is 1.74 bits per heavy atom. The minimum atomic E-state index is 1.11. The Morgan fingerprint density at radius 1 is 0.333 bits per heavy atom. The summed E-state index contributed by atoms with van der Waals surface area (Å²) in [5.41, 5.74) is 14.0. The smallest absolute Gasteiger partial charge is 0.0562 e. The molecule has 0 fully saturated rings. The summed E-state index contributed by atoms with van der Waals surface area (Å²) >= 11 is 0. The number of aromatic nitrogens is 1. The topological polar surface area (TPSA) is 8.17 Å². The van der Waals surface area contributed by atoms with E-state index in [9.17, 15) is 0 Å². The molecule has 54 heavy (non-hydrogen) atoms. The zero-order chi connectivity index (χ0) is 35.8. The summed E-state index contributed by atoms with van der Waals surface area (Å²) in [6.45, 7) is 0. The SMILES string of the molecule is c1ccc(-c2ccc(-c3ccccc3-n3c4ccccc4c4c(N(c5ccccc5)c5ccccc5-c5ccc6ccccc6c5)cccc43)cc2)cc1. The van der Waals surface area contributed by atoms with Crippen LogP contribution in [0.3, 0.4) is 0 Å². The maximum absolute atomic E-state index is 2.45. The molecule has 0 amide bonds. The van der Waals surface area contributed by atoms with Crippen LogP contribution < -0.4 is 4.90 Å². The monoisotopic (exact) mass is 688 g/mol. The van der Waals surface area contributed by atoms with Crippen LogP contribution in [0, 0.1) is 0 Å². The van der Waals surface area contributed by atoms with Gasteiger partial charge in [-0.3, -0.25) is 0 Å². The zero-order valence-corrected chi connectivity index (χ0v) is 29.7. The van der Waals surface area contributed by atoms with Gasteiger partial charge in [-0.2, -0.15) is 0 Å². The van der Waals surface area contributed by atoms with Crippen LogP contribution in [0.2, 0.25) is 0 Å². The van der Waals surface area contributed by atoms with Gasteiger partial charge in [-0.1, -0.05) is 170 Å². The van der Waals surface area contributed by atoms with Gasteiger partial charge in [0, 0.05) is 27.6 Å². The molecule has 1 heterocycles. The van der Waals surface area contributed by atoms with Gasteiger partial charge in [-0.25, -0.2) is 0 Å². The summed E-state index contributed by atoms with van der Waals surface area (Å²) in [7, 11) is 0. The van der Waals surface area contributed by atoms with Gasteiger partial charge in [0.15, 0.2) is 0 Å². The van der Waals surface area contributed by atoms with Gasteiger partial charge in [0.1, 0.15) is 0 Å². The average molecular weight is 689 g/mol. The van der Waals surface area contributed by atoms with Crippen molar-refractivity contribution in [2.24, 2.45) is 0 Å². The predicted octanol–water partition coefficient (Wildman–Crippen LogP) is 14.4. The first-order chi connectivity index (χ1) is 26.8. The number of rotatable bonds is 7. The van der Waals surface area contributed by atoms with Crippen molar-refractivity contribution < 1.29 is 0 Å². The lowest BCUT2D eigenvalue weighted by Gasteiger charge is -2.29. The standard InChI is InChI=1S/C52H36N2/c1-3-16-37(17-4-1)39-30-33-40(34-31-39)44-22-9-13-26-48(44)54-49-27-14-11-24-46(49)52-50(28-15-29-51(52)54)53(43-20-5-2-6-21-43)47-25-12-10-23-45(47)42-35-32-38-18-7-8-19-41(38)36-42/h1-36H. The van der Waals surface area contributed by atoms with Crippen LogP contribution in [0.25, 0.3) is 71.6 Å². The first-order valence-corrected chi connectivity index (χ1v) is 18.5. The normalized spacial score (nSPS) is 11.3. The van der Waals surface area contributed by atoms with Crippen molar-refractivity contribution in [3.8, 4) is 39.1 Å². The van der Waals surface area contributed by atoms with Crippen LogP contribution in [-0.2, 0) is 0 Å². The Balaban J connectivity index is 1.19. The fourth-order valence-corrected chi connectivity index (χ4v) is 8.09. The molecule has 0 bridgehead atoms. The second-order valence-corrected chi connectivity index (χ2v) is 13.7. The maximum Gasteiger partial charge on any atom is 0.0562 e. The third-order valence-corrected chi connectivity index (χ3v) is 10.6. The molecule has 0 aliphatic heterocycles. The molecule has 10 rings (SSSR count). The van der Waals surface area contributed by atoms with E-state index >= 15 is 0 Å². The third kappa shape index (κ3) is 5.44. The minimum Gasteiger partial charge on any atom is -0.309 e. The summed E-state index contributed by atoms with van der Waals surface area (Å²) in [6.07, 6.45) is 0. The van der Waals surface area contributed by atoms with Gasteiger partial charge < -0.3 is 9.47 Å². The Bertz CT molecular complexity index is 2920. The van der Waals surface area contributed by atoms with Crippen LogP contribution in [0.1, 0.15) is 0 Å². The first kappa shape index (κ1) is 31.6. The molecule has 0 aliphatic rings. The van der Waals surface area contributed by atoms with E-state index in [1.807, 2.05) is 0 Å². The van der Waals surface area contributed by atoms with Gasteiger partial charge in [0.25, 0.3) is 0 Å². The van der Waals surface area contributed by atoms with Crippen LogP contribution in [0.15, 0.2) is 218 Å². The Hall–Kier alpha value is -7.16. The van der Waals surface area contributed by atoms with Crippen molar-refractivity contribution in [3.63, 3.8) is 0 Å². The van der Waals surface area contributed by atoms with Gasteiger partial charge >= 0.3 is 0 Å².